The molecule has 2 aromatic rings. The van der Waals surface area contributed by atoms with Crippen LogP contribution in [0.5, 0.6) is 0 Å². The first-order valence-electron chi connectivity index (χ1n) is 9.36. The number of para-hydroxylation sites is 1. The fourth-order valence-corrected chi connectivity index (χ4v) is 3.26. The highest BCUT2D eigenvalue weighted by atomic mass is 16.5. The van der Waals surface area contributed by atoms with E-state index in [0.717, 1.165) is 12.0 Å². The van der Waals surface area contributed by atoms with Crippen molar-refractivity contribution < 1.29 is 19.1 Å². The minimum absolute atomic E-state index is 0.00672. The van der Waals surface area contributed by atoms with Crippen LogP contribution in [0.3, 0.4) is 0 Å². The lowest BCUT2D eigenvalue weighted by molar-refractivity contribution is -0.135. The molecule has 2 amide bonds. The molecule has 0 saturated carbocycles. The van der Waals surface area contributed by atoms with Crippen LogP contribution in [-0.2, 0) is 14.3 Å². The summed E-state index contributed by atoms with van der Waals surface area (Å²) in [4.78, 5) is 40.2. The van der Waals surface area contributed by atoms with Gasteiger partial charge in [0.1, 0.15) is 0 Å². The minimum Gasteiger partial charge on any atom is -0.452 e. The molecular weight excluding hydrogens is 356 g/mol. The number of hydrogen-bond acceptors (Lipinski definition) is 4. The summed E-state index contributed by atoms with van der Waals surface area (Å²) in [5.41, 5.74) is 1.83. The highest BCUT2D eigenvalue weighted by molar-refractivity contribution is 6.03. The van der Waals surface area contributed by atoms with Gasteiger partial charge < -0.3 is 14.5 Å². The van der Waals surface area contributed by atoms with Crippen LogP contribution in [0, 0.1) is 0 Å². The summed E-state index contributed by atoms with van der Waals surface area (Å²) in [5, 5.41) is 0. The van der Waals surface area contributed by atoms with Gasteiger partial charge in [-0.25, -0.2) is 4.79 Å². The number of likely N-dealkylation sites (N-methyl/N-ethyl adjacent to an activating group) is 1. The standard InChI is InChI=1S/C22H24N2O4/c1-16(17-9-4-3-5-10-17)23(2)21(26)15-28-22(27)18-11-6-7-12-19(18)24-14-8-13-20(24)25/h3-7,9-12,16H,8,13-15H2,1-2H3/t16-/m0/s1. The van der Waals surface area contributed by atoms with Gasteiger partial charge in [-0.3, -0.25) is 9.59 Å². The van der Waals surface area contributed by atoms with Crippen molar-refractivity contribution in [1.82, 2.24) is 4.90 Å². The second-order valence-electron chi connectivity index (χ2n) is 6.83. The Kier molecular flexibility index (Phi) is 6.09. The van der Waals surface area contributed by atoms with E-state index in [4.69, 9.17) is 4.74 Å². The molecule has 2 aromatic carbocycles. The average Bonchev–Trinajstić information content (AvgIpc) is 3.17. The van der Waals surface area contributed by atoms with Crippen molar-refractivity contribution in [3.05, 3.63) is 65.7 Å². The zero-order chi connectivity index (χ0) is 20.1. The molecular formula is C22H24N2O4. The van der Waals surface area contributed by atoms with Crippen LogP contribution < -0.4 is 4.90 Å². The summed E-state index contributed by atoms with van der Waals surface area (Å²) in [7, 11) is 1.69. The van der Waals surface area contributed by atoms with E-state index in [2.05, 4.69) is 0 Å². The summed E-state index contributed by atoms with van der Waals surface area (Å²) in [5.74, 6) is -0.906. The maximum absolute atomic E-state index is 12.6. The number of carbonyl (C=O) groups excluding carboxylic acids is 3. The first-order valence-corrected chi connectivity index (χ1v) is 9.36. The molecule has 0 radical (unpaired) electrons. The predicted molar refractivity (Wildman–Crippen MR) is 106 cm³/mol. The second-order valence-corrected chi connectivity index (χ2v) is 6.83. The van der Waals surface area contributed by atoms with E-state index < -0.39 is 5.97 Å². The number of ether oxygens (including phenoxy) is 1. The van der Waals surface area contributed by atoms with E-state index in [1.165, 1.54) is 0 Å². The van der Waals surface area contributed by atoms with Crippen LogP contribution in [0.15, 0.2) is 54.6 Å². The monoisotopic (exact) mass is 380 g/mol. The van der Waals surface area contributed by atoms with Crippen molar-refractivity contribution in [3.63, 3.8) is 0 Å². The van der Waals surface area contributed by atoms with Crippen LogP contribution in [0.1, 0.15) is 41.7 Å². The number of nitrogens with zero attached hydrogens (tertiary/aromatic N) is 2. The van der Waals surface area contributed by atoms with E-state index in [1.54, 1.807) is 41.1 Å². The Labute approximate surface area is 164 Å². The molecule has 0 aromatic heterocycles. The highest BCUT2D eigenvalue weighted by Gasteiger charge is 2.27. The second kappa shape index (κ2) is 8.69. The molecule has 28 heavy (non-hydrogen) atoms. The Bertz CT molecular complexity index is 866. The number of amides is 2. The lowest BCUT2D eigenvalue weighted by Gasteiger charge is -2.25. The Balaban J connectivity index is 1.64. The predicted octanol–water partition coefficient (Wildman–Crippen LogP) is 3.19. The normalized spacial score (nSPS) is 14.6. The zero-order valence-corrected chi connectivity index (χ0v) is 16.1. The quantitative estimate of drug-likeness (QED) is 0.722. The van der Waals surface area contributed by atoms with Crippen LogP contribution in [0.25, 0.3) is 0 Å². The molecule has 0 bridgehead atoms. The Morgan fingerprint density at radius 2 is 1.79 bits per heavy atom. The molecule has 0 aliphatic carbocycles. The molecule has 1 aliphatic rings. The molecule has 0 spiro atoms. The first kappa shape index (κ1) is 19.6. The summed E-state index contributed by atoms with van der Waals surface area (Å²) in [6.45, 7) is 2.15. The van der Waals surface area contributed by atoms with Crippen LogP contribution in [0.4, 0.5) is 5.69 Å². The van der Waals surface area contributed by atoms with E-state index in [1.807, 2.05) is 37.3 Å². The molecule has 1 atom stereocenters. The smallest absolute Gasteiger partial charge is 0.340 e. The van der Waals surface area contributed by atoms with E-state index in [0.29, 0.717) is 24.2 Å². The van der Waals surface area contributed by atoms with Gasteiger partial charge in [0.25, 0.3) is 5.91 Å². The van der Waals surface area contributed by atoms with E-state index in [-0.39, 0.29) is 24.5 Å². The van der Waals surface area contributed by atoms with E-state index >= 15 is 0 Å². The summed E-state index contributed by atoms with van der Waals surface area (Å²) >= 11 is 0. The van der Waals surface area contributed by atoms with Crippen molar-refractivity contribution in [2.24, 2.45) is 0 Å². The topological polar surface area (TPSA) is 66.9 Å². The molecule has 1 saturated heterocycles. The molecule has 0 unspecified atom stereocenters. The van der Waals surface area contributed by atoms with Crippen LogP contribution in [0.2, 0.25) is 0 Å². The van der Waals surface area contributed by atoms with E-state index in [9.17, 15) is 14.4 Å². The fraction of sp³-hybridized carbons (Fsp3) is 0.318. The van der Waals surface area contributed by atoms with Gasteiger partial charge in [-0.05, 0) is 31.0 Å². The molecule has 6 nitrogen and oxygen atoms in total. The molecule has 0 N–H and O–H groups in total. The third-order valence-corrected chi connectivity index (χ3v) is 5.07. The zero-order valence-electron chi connectivity index (χ0n) is 16.1. The highest BCUT2D eigenvalue weighted by Crippen LogP contribution is 2.26. The number of esters is 1. The van der Waals surface area contributed by atoms with Crippen molar-refractivity contribution in [2.45, 2.75) is 25.8 Å². The van der Waals surface area contributed by atoms with Gasteiger partial charge in [-0.15, -0.1) is 0 Å². The number of benzene rings is 2. The third kappa shape index (κ3) is 4.22. The molecule has 1 heterocycles. The number of hydrogen-bond donors (Lipinski definition) is 0. The van der Waals surface area contributed by atoms with Crippen LogP contribution >= 0.6 is 0 Å². The summed E-state index contributed by atoms with van der Waals surface area (Å²) in [6, 6.07) is 16.3. The van der Waals surface area contributed by atoms with Gasteiger partial charge in [0.2, 0.25) is 5.91 Å². The Morgan fingerprint density at radius 1 is 1.11 bits per heavy atom. The average molecular weight is 380 g/mol. The summed E-state index contributed by atoms with van der Waals surface area (Å²) in [6.07, 6.45) is 1.24. The lowest BCUT2D eigenvalue weighted by atomic mass is 10.1. The summed E-state index contributed by atoms with van der Waals surface area (Å²) < 4.78 is 5.26. The van der Waals surface area contributed by atoms with Crippen molar-refractivity contribution in [2.75, 3.05) is 25.1 Å². The van der Waals surface area contributed by atoms with Gasteiger partial charge in [-0.2, -0.15) is 0 Å². The maximum atomic E-state index is 12.6. The van der Waals surface area contributed by atoms with Crippen molar-refractivity contribution in [3.8, 4) is 0 Å². The largest absolute Gasteiger partial charge is 0.452 e. The lowest BCUT2D eigenvalue weighted by Crippen LogP contribution is -2.33. The number of carbonyl (C=O) groups is 3. The number of anilines is 1. The molecule has 3 rings (SSSR count). The van der Waals surface area contributed by atoms with Gasteiger partial charge in [0.15, 0.2) is 6.61 Å². The Hall–Kier alpha value is -3.15. The number of rotatable bonds is 6. The van der Waals surface area contributed by atoms with Crippen molar-refractivity contribution >= 4 is 23.5 Å². The Morgan fingerprint density at radius 3 is 2.46 bits per heavy atom. The third-order valence-electron chi connectivity index (χ3n) is 5.07. The maximum Gasteiger partial charge on any atom is 0.340 e. The molecule has 6 heteroatoms. The van der Waals surface area contributed by atoms with Crippen LogP contribution in [-0.4, -0.2) is 42.9 Å². The van der Waals surface area contributed by atoms with Gasteiger partial charge in [-0.1, -0.05) is 42.5 Å². The first-order chi connectivity index (χ1) is 13.5. The minimum atomic E-state index is -0.607. The molecule has 146 valence electrons. The van der Waals surface area contributed by atoms with Gasteiger partial charge >= 0.3 is 5.97 Å². The van der Waals surface area contributed by atoms with Gasteiger partial charge in [0, 0.05) is 20.0 Å². The molecule has 1 aliphatic heterocycles. The van der Waals surface area contributed by atoms with Crippen molar-refractivity contribution in [1.29, 1.82) is 0 Å². The van der Waals surface area contributed by atoms with Gasteiger partial charge in [0.05, 0.1) is 17.3 Å². The molecule has 1 fully saturated rings. The fourth-order valence-electron chi connectivity index (χ4n) is 3.26. The SMILES string of the molecule is C[C@@H](c1ccccc1)N(C)C(=O)COC(=O)c1ccccc1N1CCCC1=O.